The van der Waals surface area contributed by atoms with Gasteiger partial charge in [0.05, 0.1) is 16.0 Å². The number of nitrogens with one attached hydrogen (secondary N) is 3. The fourth-order valence-electron chi connectivity index (χ4n) is 2.42. The van der Waals surface area contributed by atoms with Crippen LogP contribution in [0.25, 0.3) is 0 Å². The zero-order valence-corrected chi connectivity index (χ0v) is 15.9. The highest BCUT2D eigenvalue weighted by Crippen LogP contribution is 2.26. The first-order chi connectivity index (χ1) is 11.9. The van der Waals surface area contributed by atoms with Gasteiger partial charge < -0.3 is 15.7 Å². The first-order valence-electron chi connectivity index (χ1n) is 7.68. The normalized spacial score (nSPS) is 16.8. The minimum atomic E-state index is -3.47. The Morgan fingerprint density at radius 3 is 3.00 bits per heavy atom. The number of fused-ring (bicyclic) bond motifs is 1. The number of aliphatic hydroxyl groups excluding tert-OH is 1. The van der Waals surface area contributed by atoms with Gasteiger partial charge in [0.25, 0.3) is 0 Å². The lowest BCUT2D eigenvalue weighted by Crippen LogP contribution is -2.31. The zero-order valence-electron chi connectivity index (χ0n) is 13.5. The second kappa shape index (κ2) is 7.24. The minimum Gasteiger partial charge on any atom is -0.394 e. The molecule has 1 aliphatic heterocycles. The molecule has 0 bridgehead atoms. The first kappa shape index (κ1) is 18.1. The van der Waals surface area contributed by atoms with Crippen molar-refractivity contribution in [3.63, 3.8) is 0 Å². The fourth-order valence-corrected chi connectivity index (χ4v) is 4.05. The fraction of sp³-hybridized carbons (Fsp3) is 0.333. The molecule has 1 aromatic carbocycles. The number of sulfonamides is 1. The van der Waals surface area contributed by atoms with Gasteiger partial charge in [-0.2, -0.15) is 4.98 Å². The van der Waals surface area contributed by atoms with Crippen molar-refractivity contribution in [1.29, 1.82) is 0 Å². The maximum absolute atomic E-state index is 12.1. The average molecular weight is 428 g/mol. The topological polar surface area (TPSA) is 116 Å². The summed E-state index contributed by atoms with van der Waals surface area (Å²) in [6.45, 7) is 2.20. The molecule has 4 N–H and O–H groups in total. The Bertz CT molecular complexity index is 891. The molecule has 0 unspecified atom stereocenters. The van der Waals surface area contributed by atoms with E-state index in [1.165, 1.54) is 0 Å². The third kappa shape index (κ3) is 4.09. The van der Waals surface area contributed by atoms with Gasteiger partial charge in [0.2, 0.25) is 16.0 Å². The largest absolute Gasteiger partial charge is 0.394 e. The summed E-state index contributed by atoms with van der Waals surface area (Å²) in [5, 5.41) is 15.2. The molecule has 3 rings (SSSR count). The van der Waals surface area contributed by atoms with E-state index in [1.54, 1.807) is 24.4 Å². The van der Waals surface area contributed by atoms with E-state index in [4.69, 9.17) is 5.11 Å². The monoisotopic (exact) mass is 427 g/mol. The van der Waals surface area contributed by atoms with E-state index in [0.717, 1.165) is 5.56 Å². The quantitative estimate of drug-likeness (QED) is 0.572. The Morgan fingerprint density at radius 1 is 1.44 bits per heavy atom. The second-order valence-corrected chi connectivity index (χ2v) is 8.30. The highest BCUT2D eigenvalue weighted by molar-refractivity contribution is 9.10. The molecule has 1 aromatic heterocycles. The maximum Gasteiger partial charge on any atom is 0.240 e. The van der Waals surface area contributed by atoms with Crippen LogP contribution in [-0.4, -0.2) is 42.7 Å². The lowest BCUT2D eigenvalue weighted by atomic mass is 10.1. The van der Waals surface area contributed by atoms with Gasteiger partial charge in [-0.1, -0.05) is 6.07 Å². The number of aromatic nitrogens is 2. The molecular formula is C15H18BrN5O3S. The molecule has 0 radical (unpaired) electrons. The van der Waals surface area contributed by atoms with Gasteiger partial charge in [0, 0.05) is 24.5 Å². The van der Waals surface area contributed by atoms with Crippen LogP contribution in [0.3, 0.4) is 0 Å². The van der Waals surface area contributed by atoms with Crippen molar-refractivity contribution < 1.29 is 13.5 Å². The Hall–Kier alpha value is -1.75. The van der Waals surface area contributed by atoms with E-state index in [0.29, 0.717) is 34.9 Å². The second-order valence-electron chi connectivity index (χ2n) is 5.71. The van der Waals surface area contributed by atoms with E-state index in [-0.39, 0.29) is 17.5 Å². The van der Waals surface area contributed by atoms with Crippen molar-refractivity contribution in [3.05, 3.63) is 34.4 Å². The van der Waals surface area contributed by atoms with Crippen LogP contribution in [0.4, 0.5) is 17.5 Å². The van der Waals surface area contributed by atoms with Crippen molar-refractivity contribution in [2.45, 2.75) is 24.3 Å². The van der Waals surface area contributed by atoms with Crippen LogP contribution in [0.2, 0.25) is 0 Å². The number of hydrogen-bond acceptors (Lipinski definition) is 7. The van der Waals surface area contributed by atoms with Crippen LogP contribution in [-0.2, 0) is 16.4 Å². The zero-order chi connectivity index (χ0) is 18.0. The summed E-state index contributed by atoms with van der Waals surface area (Å²) in [6.07, 6.45) is 2.25. The number of benzene rings is 1. The molecule has 0 amide bonds. The number of rotatable bonds is 5. The number of anilines is 3. The van der Waals surface area contributed by atoms with Gasteiger partial charge in [-0.3, -0.25) is 0 Å². The van der Waals surface area contributed by atoms with Crippen LogP contribution in [0.1, 0.15) is 12.5 Å². The Kier molecular flexibility index (Phi) is 5.23. The van der Waals surface area contributed by atoms with Crippen molar-refractivity contribution in [1.82, 2.24) is 14.7 Å². The molecule has 0 saturated heterocycles. The molecule has 1 aliphatic rings. The van der Waals surface area contributed by atoms with Gasteiger partial charge in [0.1, 0.15) is 5.82 Å². The maximum atomic E-state index is 12.1. The van der Waals surface area contributed by atoms with Crippen LogP contribution in [0, 0.1) is 0 Å². The summed E-state index contributed by atoms with van der Waals surface area (Å²) in [6, 6.07) is 5.00. The number of hydrogen-bond donors (Lipinski definition) is 4. The smallest absolute Gasteiger partial charge is 0.240 e. The molecule has 134 valence electrons. The van der Waals surface area contributed by atoms with Gasteiger partial charge in [-0.05, 0) is 47.0 Å². The van der Waals surface area contributed by atoms with Gasteiger partial charge in [-0.15, -0.1) is 0 Å². The number of nitrogens with zero attached hydrogens (tertiary/aromatic N) is 2. The average Bonchev–Trinajstić information content (AvgIpc) is 2.58. The van der Waals surface area contributed by atoms with E-state index >= 15 is 0 Å². The van der Waals surface area contributed by atoms with Crippen LogP contribution in [0.5, 0.6) is 0 Å². The minimum absolute atomic E-state index is 0.0329. The third-order valence-electron chi connectivity index (χ3n) is 3.70. The van der Waals surface area contributed by atoms with Crippen LogP contribution in [0.15, 0.2) is 33.8 Å². The molecule has 1 atom stereocenters. The summed E-state index contributed by atoms with van der Waals surface area (Å²) >= 11 is 3.35. The van der Waals surface area contributed by atoms with Crippen molar-refractivity contribution in [2.24, 2.45) is 0 Å². The highest BCUT2D eigenvalue weighted by Gasteiger charge is 2.23. The van der Waals surface area contributed by atoms with E-state index in [2.05, 4.69) is 41.3 Å². The summed E-state index contributed by atoms with van der Waals surface area (Å²) in [7, 11) is -3.47. The summed E-state index contributed by atoms with van der Waals surface area (Å²) < 4.78 is 27.4. The van der Waals surface area contributed by atoms with Crippen LogP contribution >= 0.6 is 15.9 Å². The first-order valence-corrected chi connectivity index (χ1v) is 9.96. The Morgan fingerprint density at radius 2 is 2.24 bits per heavy atom. The standard InChI is InChI=1S/C15H18BrN5O3S/c1-9(8-22)19-14-12(16)7-17-15(21-14)20-11-3-2-10-4-5-18-25(23,24)13(10)6-11/h2-3,6-7,9,18,22H,4-5,8H2,1H3,(H2,17,19,20,21)/t9-/m1/s1. The highest BCUT2D eigenvalue weighted by atomic mass is 79.9. The molecule has 8 nitrogen and oxygen atoms in total. The molecule has 0 aliphatic carbocycles. The van der Waals surface area contributed by atoms with Crippen molar-refractivity contribution >= 4 is 43.4 Å². The van der Waals surface area contributed by atoms with Gasteiger partial charge in [0.15, 0.2) is 0 Å². The predicted molar refractivity (Wildman–Crippen MR) is 98.5 cm³/mol. The molecule has 0 saturated carbocycles. The SMILES string of the molecule is C[C@H](CO)Nc1nc(Nc2ccc3c(c2)S(=O)(=O)NCC3)ncc1Br. The number of aliphatic hydroxyl groups is 1. The summed E-state index contributed by atoms with van der Waals surface area (Å²) in [5.41, 5.74) is 1.37. The van der Waals surface area contributed by atoms with Gasteiger partial charge >= 0.3 is 0 Å². The van der Waals surface area contributed by atoms with E-state index in [1.807, 2.05) is 6.92 Å². The van der Waals surface area contributed by atoms with E-state index < -0.39 is 10.0 Å². The molecule has 25 heavy (non-hydrogen) atoms. The number of halogens is 1. The van der Waals surface area contributed by atoms with Crippen LogP contribution < -0.4 is 15.4 Å². The van der Waals surface area contributed by atoms with Crippen molar-refractivity contribution in [2.75, 3.05) is 23.8 Å². The summed E-state index contributed by atoms with van der Waals surface area (Å²) in [5.74, 6) is 0.850. The van der Waals surface area contributed by atoms with Gasteiger partial charge in [-0.25, -0.2) is 18.1 Å². The molecule has 2 heterocycles. The molecule has 0 spiro atoms. The molecule has 0 fully saturated rings. The predicted octanol–water partition coefficient (Wildman–Crippen LogP) is 1.61. The molecular weight excluding hydrogens is 410 g/mol. The Labute approximate surface area is 154 Å². The molecule has 10 heteroatoms. The van der Waals surface area contributed by atoms with Crippen molar-refractivity contribution in [3.8, 4) is 0 Å². The third-order valence-corrected chi connectivity index (χ3v) is 5.82. The lowest BCUT2D eigenvalue weighted by molar-refractivity contribution is 0.281. The lowest BCUT2D eigenvalue weighted by Gasteiger charge is -2.18. The molecule has 2 aromatic rings. The Balaban J connectivity index is 1.87. The van der Waals surface area contributed by atoms with E-state index in [9.17, 15) is 8.42 Å². The summed E-state index contributed by atoms with van der Waals surface area (Å²) in [4.78, 5) is 8.80.